The number of carbonyl (C=O) groups is 1. The van der Waals surface area contributed by atoms with E-state index in [9.17, 15) is 4.79 Å². The van der Waals surface area contributed by atoms with Crippen LogP contribution in [0.3, 0.4) is 0 Å². The number of ether oxygens (including phenoxy) is 1. The van der Waals surface area contributed by atoms with Crippen LogP contribution in [0.2, 0.25) is 0 Å². The van der Waals surface area contributed by atoms with E-state index in [1.165, 1.54) is 0 Å². The normalized spacial score (nSPS) is 16.9. The number of hydrogen-bond acceptors (Lipinski definition) is 3. The van der Waals surface area contributed by atoms with Gasteiger partial charge in [-0.2, -0.15) is 0 Å². The zero-order chi connectivity index (χ0) is 10.7. The molecular weight excluding hydrogens is 192 g/mol. The summed E-state index contributed by atoms with van der Waals surface area (Å²) in [5.41, 5.74) is 5.34. The maximum absolute atomic E-state index is 11.4. The van der Waals surface area contributed by atoms with Gasteiger partial charge in [-0.1, -0.05) is 18.2 Å². The predicted molar refractivity (Wildman–Crippen MR) is 56.6 cm³/mol. The molecule has 4 nitrogen and oxygen atoms in total. The van der Waals surface area contributed by atoms with E-state index in [0.717, 1.165) is 12.8 Å². The molecule has 0 heterocycles. The minimum Gasteiger partial charge on any atom is -0.410 e. The van der Waals surface area contributed by atoms with Crippen LogP contribution in [0.5, 0.6) is 5.75 Å². The van der Waals surface area contributed by atoms with Gasteiger partial charge >= 0.3 is 6.09 Å². The summed E-state index contributed by atoms with van der Waals surface area (Å²) in [6.07, 6.45) is 1.45. The van der Waals surface area contributed by atoms with Crippen LogP contribution in [-0.4, -0.2) is 18.2 Å². The lowest BCUT2D eigenvalue weighted by molar-refractivity contribution is 0.195. The number of carbonyl (C=O) groups excluding carboxylic acids is 1. The van der Waals surface area contributed by atoms with E-state index in [1.807, 2.05) is 18.2 Å². The lowest BCUT2D eigenvalue weighted by Crippen LogP contribution is -2.43. The van der Waals surface area contributed by atoms with Crippen molar-refractivity contribution in [3.63, 3.8) is 0 Å². The van der Waals surface area contributed by atoms with Crippen molar-refractivity contribution in [1.29, 1.82) is 0 Å². The summed E-state index contributed by atoms with van der Waals surface area (Å²) in [5, 5.41) is 2.78. The number of nitrogens with two attached hydrogens (primary N) is 1. The van der Waals surface area contributed by atoms with E-state index >= 15 is 0 Å². The predicted octanol–water partition coefficient (Wildman–Crippen LogP) is 1.27. The van der Waals surface area contributed by atoms with Gasteiger partial charge in [0.05, 0.1) is 5.54 Å². The molecular formula is C11H14N2O2. The monoisotopic (exact) mass is 206 g/mol. The van der Waals surface area contributed by atoms with Crippen LogP contribution in [0.4, 0.5) is 4.79 Å². The first-order chi connectivity index (χ1) is 7.24. The fourth-order valence-corrected chi connectivity index (χ4v) is 1.37. The number of rotatable bonds is 3. The van der Waals surface area contributed by atoms with Crippen molar-refractivity contribution in [1.82, 2.24) is 5.32 Å². The van der Waals surface area contributed by atoms with E-state index in [0.29, 0.717) is 12.3 Å². The Labute approximate surface area is 88.4 Å². The minimum atomic E-state index is -0.427. The van der Waals surface area contributed by atoms with Crippen LogP contribution in [0.1, 0.15) is 12.8 Å². The summed E-state index contributed by atoms with van der Waals surface area (Å²) in [6.45, 7) is 0.469. The topological polar surface area (TPSA) is 64.3 Å². The molecule has 1 aliphatic carbocycles. The largest absolute Gasteiger partial charge is 0.413 e. The highest BCUT2D eigenvalue weighted by atomic mass is 16.6. The second kappa shape index (κ2) is 3.90. The molecule has 2 rings (SSSR count). The van der Waals surface area contributed by atoms with Gasteiger partial charge in [-0.15, -0.1) is 0 Å². The molecule has 1 aromatic carbocycles. The van der Waals surface area contributed by atoms with Crippen LogP contribution in [0.25, 0.3) is 0 Å². The maximum Gasteiger partial charge on any atom is 0.413 e. The van der Waals surface area contributed by atoms with Crippen LogP contribution in [0, 0.1) is 0 Å². The Morgan fingerprint density at radius 2 is 2.07 bits per heavy atom. The molecule has 1 aliphatic rings. The van der Waals surface area contributed by atoms with Crippen molar-refractivity contribution in [2.75, 3.05) is 6.54 Å². The van der Waals surface area contributed by atoms with Gasteiger partial charge in [0, 0.05) is 6.54 Å². The molecule has 0 unspecified atom stereocenters. The SMILES string of the molecule is NCC1(NC(=O)Oc2ccccc2)CC1. The lowest BCUT2D eigenvalue weighted by atomic mass is 10.3. The van der Waals surface area contributed by atoms with Crippen molar-refractivity contribution in [3.8, 4) is 5.75 Å². The zero-order valence-corrected chi connectivity index (χ0v) is 8.40. The molecule has 0 aromatic heterocycles. The number of hydrogen-bond donors (Lipinski definition) is 2. The first-order valence-electron chi connectivity index (χ1n) is 4.99. The summed E-state index contributed by atoms with van der Waals surface area (Å²) in [6, 6.07) is 8.98. The van der Waals surface area contributed by atoms with Gasteiger partial charge in [0.2, 0.25) is 0 Å². The average molecular weight is 206 g/mol. The molecule has 4 heteroatoms. The van der Waals surface area contributed by atoms with E-state index in [1.54, 1.807) is 12.1 Å². The van der Waals surface area contributed by atoms with Gasteiger partial charge in [-0.25, -0.2) is 4.79 Å². The van der Waals surface area contributed by atoms with E-state index in [-0.39, 0.29) is 5.54 Å². The standard InChI is InChI=1S/C11H14N2O2/c12-8-11(6-7-11)13-10(14)15-9-4-2-1-3-5-9/h1-5H,6-8,12H2,(H,13,14). The molecule has 0 atom stereocenters. The molecule has 0 saturated heterocycles. The number of para-hydroxylation sites is 1. The molecule has 1 fully saturated rings. The molecule has 1 amide bonds. The minimum absolute atomic E-state index is 0.203. The van der Waals surface area contributed by atoms with Crippen LogP contribution < -0.4 is 15.8 Å². The zero-order valence-electron chi connectivity index (χ0n) is 8.40. The Hall–Kier alpha value is -1.55. The summed E-state index contributed by atoms with van der Waals surface area (Å²) in [5.74, 6) is 0.544. The van der Waals surface area contributed by atoms with Crippen LogP contribution >= 0.6 is 0 Å². The lowest BCUT2D eigenvalue weighted by Gasteiger charge is -2.14. The van der Waals surface area contributed by atoms with E-state index in [4.69, 9.17) is 10.5 Å². The van der Waals surface area contributed by atoms with E-state index < -0.39 is 6.09 Å². The molecule has 0 radical (unpaired) electrons. The van der Waals surface area contributed by atoms with E-state index in [2.05, 4.69) is 5.32 Å². The van der Waals surface area contributed by atoms with Crippen molar-refractivity contribution < 1.29 is 9.53 Å². The fourth-order valence-electron chi connectivity index (χ4n) is 1.37. The summed E-state index contributed by atoms with van der Waals surface area (Å²) < 4.78 is 5.09. The fraction of sp³-hybridized carbons (Fsp3) is 0.364. The third kappa shape index (κ3) is 2.47. The van der Waals surface area contributed by atoms with Crippen molar-refractivity contribution >= 4 is 6.09 Å². The molecule has 15 heavy (non-hydrogen) atoms. The maximum atomic E-state index is 11.4. The smallest absolute Gasteiger partial charge is 0.410 e. The molecule has 1 saturated carbocycles. The molecule has 80 valence electrons. The molecule has 0 bridgehead atoms. The molecule has 0 spiro atoms. The highest BCUT2D eigenvalue weighted by molar-refractivity contribution is 5.71. The molecule has 1 aromatic rings. The average Bonchev–Trinajstić information content (AvgIpc) is 3.00. The Morgan fingerprint density at radius 1 is 1.40 bits per heavy atom. The van der Waals surface area contributed by atoms with Crippen LogP contribution in [0.15, 0.2) is 30.3 Å². The Morgan fingerprint density at radius 3 is 2.60 bits per heavy atom. The second-order valence-electron chi connectivity index (χ2n) is 3.81. The van der Waals surface area contributed by atoms with Crippen LogP contribution in [-0.2, 0) is 0 Å². The Kier molecular flexibility index (Phi) is 2.60. The summed E-state index contributed by atoms with van der Waals surface area (Å²) in [4.78, 5) is 11.4. The van der Waals surface area contributed by atoms with Gasteiger partial charge in [0.15, 0.2) is 0 Å². The van der Waals surface area contributed by atoms with Gasteiger partial charge in [-0.05, 0) is 25.0 Å². The van der Waals surface area contributed by atoms with Gasteiger partial charge < -0.3 is 15.8 Å². The first kappa shape index (κ1) is 9.98. The van der Waals surface area contributed by atoms with Gasteiger partial charge in [-0.3, -0.25) is 0 Å². The number of amides is 1. The van der Waals surface area contributed by atoms with Gasteiger partial charge in [0.25, 0.3) is 0 Å². The van der Waals surface area contributed by atoms with Crippen molar-refractivity contribution in [3.05, 3.63) is 30.3 Å². The van der Waals surface area contributed by atoms with Crippen molar-refractivity contribution in [2.24, 2.45) is 5.73 Å². The summed E-state index contributed by atoms with van der Waals surface area (Å²) >= 11 is 0. The summed E-state index contributed by atoms with van der Waals surface area (Å²) in [7, 11) is 0. The Balaban J connectivity index is 1.88. The second-order valence-corrected chi connectivity index (χ2v) is 3.81. The molecule has 3 N–H and O–H groups in total. The molecule has 0 aliphatic heterocycles. The third-order valence-corrected chi connectivity index (χ3v) is 2.57. The quantitative estimate of drug-likeness (QED) is 0.782. The van der Waals surface area contributed by atoms with Gasteiger partial charge in [0.1, 0.15) is 5.75 Å². The Bertz CT molecular complexity index is 347. The van der Waals surface area contributed by atoms with Crippen molar-refractivity contribution in [2.45, 2.75) is 18.4 Å². The number of benzene rings is 1. The number of nitrogens with one attached hydrogen (secondary N) is 1. The first-order valence-corrected chi connectivity index (χ1v) is 4.99. The third-order valence-electron chi connectivity index (χ3n) is 2.57. The highest BCUT2D eigenvalue weighted by Crippen LogP contribution is 2.33. The highest BCUT2D eigenvalue weighted by Gasteiger charge is 2.43.